The molecular weight excluding hydrogens is 218 g/mol. The SMILES string of the molecule is CS(=O)(=O)c1cnn(CC(O)CCN)c1. The van der Waals surface area contributed by atoms with Crippen molar-refractivity contribution in [2.45, 2.75) is 24.0 Å². The van der Waals surface area contributed by atoms with Crippen molar-refractivity contribution in [2.75, 3.05) is 12.8 Å². The van der Waals surface area contributed by atoms with Crippen LogP contribution in [-0.2, 0) is 16.4 Å². The lowest BCUT2D eigenvalue weighted by Crippen LogP contribution is -2.20. The molecule has 7 heteroatoms. The second-order valence-corrected chi connectivity index (χ2v) is 5.42. The molecule has 0 bridgehead atoms. The molecule has 86 valence electrons. The van der Waals surface area contributed by atoms with Gasteiger partial charge in [0.1, 0.15) is 4.90 Å². The fourth-order valence-electron chi connectivity index (χ4n) is 1.14. The first-order valence-corrected chi connectivity index (χ1v) is 6.43. The van der Waals surface area contributed by atoms with Crippen molar-refractivity contribution in [3.05, 3.63) is 12.4 Å². The summed E-state index contributed by atoms with van der Waals surface area (Å²) >= 11 is 0. The van der Waals surface area contributed by atoms with E-state index in [4.69, 9.17) is 5.73 Å². The molecular formula is C8H15N3O3S. The normalized spacial score (nSPS) is 14.1. The highest BCUT2D eigenvalue weighted by molar-refractivity contribution is 7.90. The molecule has 15 heavy (non-hydrogen) atoms. The van der Waals surface area contributed by atoms with Crippen LogP contribution < -0.4 is 5.73 Å². The molecule has 0 aliphatic heterocycles. The van der Waals surface area contributed by atoms with Gasteiger partial charge in [0.15, 0.2) is 9.84 Å². The van der Waals surface area contributed by atoms with Gasteiger partial charge in [0.05, 0.1) is 18.8 Å². The van der Waals surface area contributed by atoms with Crippen molar-refractivity contribution in [2.24, 2.45) is 5.73 Å². The summed E-state index contributed by atoms with van der Waals surface area (Å²) in [6.07, 6.45) is 3.65. The van der Waals surface area contributed by atoms with Gasteiger partial charge in [0, 0.05) is 12.5 Å². The highest BCUT2D eigenvalue weighted by Gasteiger charge is 2.11. The molecule has 1 aromatic heterocycles. The quantitative estimate of drug-likeness (QED) is 0.679. The van der Waals surface area contributed by atoms with E-state index in [9.17, 15) is 13.5 Å². The van der Waals surface area contributed by atoms with Crippen LogP contribution in [0, 0.1) is 0 Å². The predicted molar refractivity (Wildman–Crippen MR) is 55.0 cm³/mol. The summed E-state index contributed by atoms with van der Waals surface area (Å²) < 4.78 is 23.6. The fourth-order valence-corrected chi connectivity index (χ4v) is 1.69. The zero-order valence-corrected chi connectivity index (χ0v) is 9.31. The Morgan fingerprint density at radius 3 is 2.80 bits per heavy atom. The molecule has 0 radical (unpaired) electrons. The highest BCUT2D eigenvalue weighted by atomic mass is 32.2. The number of rotatable bonds is 5. The zero-order chi connectivity index (χ0) is 11.5. The molecule has 3 N–H and O–H groups in total. The number of aliphatic hydroxyl groups excluding tert-OH is 1. The zero-order valence-electron chi connectivity index (χ0n) is 8.50. The van der Waals surface area contributed by atoms with Gasteiger partial charge in [0.2, 0.25) is 0 Å². The Labute approximate surface area is 88.6 Å². The number of sulfone groups is 1. The molecule has 6 nitrogen and oxygen atoms in total. The van der Waals surface area contributed by atoms with Gasteiger partial charge in [-0.1, -0.05) is 0 Å². The van der Waals surface area contributed by atoms with Crippen LogP contribution in [0.2, 0.25) is 0 Å². The number of nitrogens with two attached hydrogens (primary N) is 1. The molecule has 1 rings (SSSR count). The second-order valence-electron chi connectivity index (χ2n) is 3.40. The molecule has 0 aliphatic carbocycles. The van der Waals surface area contributed by atoms with Crippen LogP contribution in [0.1, 0.15) is 6.42 Å². The lowest BCUT2D eigenvalue weighted by atomic mass is 10.2. The fraction of sp³-hybridized carbons (Fsp3) is 0.625. The van der Waals surface area contributed by atoms with Gasteiger partial charge in [0.25, 0.3) is 0 Å². The third kappa shape index (κ3) is 3.61. The predicted octanol–water partition coefficient (Wildman–Crippen LogP) is -1.00. The molecule has 1 heterocycles. The topological polar surface area (TPSA) is 98.2 Å². The number of nitrogens with zero attached hydrogens (tertiary/aromatic N) is 2. The van der Waals surface area contributed by atoms with Crippen molar-refractivity contribution >= 4 is 9.84 Å². The van der Waals surface area contributed by atoms with Crippen molar-refractivity contribution in [1.29, 1.82) is 0 Å². The number of aromatic nitrogens is 2. The van der Waals surface area contributed by atoms with Crippen LogP contribution in [0.3, 0.4) is 0 Å². The van der Waals surface area contributed by atoms with Gasteiger partial charge >= 0.3 is 0 Å². The maximum absolute atomic E-state index is 11.1. The van der Waals surface area contributed by atoms with Gasteiger partial charge in [-0.15, -0.1) is 0 Å². The van der Waals surface area contributed by atoms with Gasteiger partial charge < -0.3 is 10.8 Å². The lowest BCUT2D eigenvalue weighted by molar-refractivity contribution is 0.142. The molecule has 0 saturated carbocycles. The third-order valence-corrected chi connectivity index (χ3v) is 3.00. The summed E-state index contributed by atoms with van der Waals surface area (Å²) in [4.78, 5) is 0.155. The first kappa shape index (κ1) is 12.2. The minimum Gasteiger partial charge on any atom is -0.391 e. The largest absolute Gasteiger partial charge is 0.391 e. The molecule has 0 spiro atoms. The van der Waals surface area contributed by atoms with E-state index in [-0.39, 0.29) is 11.4 Å². The summed E-state index contributed by atoms with van der Waals surface area (Å²) in [6, 6.07) is 0. The smallest absolute Gasteiger partial charge is 0.178 e. The van der Waals surface area contributed by atoms with Gasteiger partial charge in [-0.05, 0) is 13.0 Å². The molecule has 0 saturated heterocycles. The second kappa shape index (κ2) is 4.73. The van der Waals surface area contributed by atoms with Gasteiger partial charge in [-0.25, -0.2) is 8.42 Å². The Balaban J connectivity index is 2.69. The molecule has 0 fully saturated rings. The molecule has 1 atom stereocenters. The molecule has 0 amide bonds. The van der Waals surface area contributed by atoms with Crippen LogP contribution >= 0.6 is 0 Å². The third-order valence-electron chi connectivity index (χ3n) is 1.94. The summed E-state index contributed by atoms with van der Waals surface area (Å²) in [5.41, 5.74) is 5.27. The van der Waals surface area contributed by atoms with Crippen molar-refractivity contribution in [3.8, 4) is 0 Å². The summed E-state index contributed by atoms with van der Waals surface area (Å²) in [6.45, 7) is 0.647. The van der Waals surface area contributed by atoms with Crippen molar-refractivity contribution < 1.29 is 13.5 Å². The molecule has 0 aromatic carbocycles. The molecule has 0 aliphatic rings. The average Bonchev–Trinajstić information content (AvgIpc) is 2.52. The van der Waals surface area contributed by atoms with E-state index in [1.54, 1.807) is 0 Å². The maximum Gasteiger partial charge on any atom is 0.178 e. The average molecular weight is 233 g/mol. The first-order valence-electron chi connectivity index (χ1n) is 4.54. The van der Waals surface area contributed by atoms with Gasteiger partial charge in [-0.3, -0.25) is 4.68 Å². The Morgan fingerprint density at radius 2 is 2.33 bits per heavy atom. The van der Waals surface area contributed by atoms with E-state index >= 15 is 0 Å². The lowest BCUT2D eigenvalue weighted by Gasteiger charge is -2.08. The van der Waals surface area contributed by atoms with E-state index in [0.29, 0.717) is 13.0 Å². The van der Waals surface area contributed by atoms with Crippen LogP contribution in [0.15, 0.2) is 17.3 Å². The summed E-state index contributed by atoms with van der Waals surface area (Å²) in [5.74, 6) is 0. The minimum atomic E-state index is -3.22. The molecule has 1 aromatic rings. The van der Waals surface area contributed by atoms with Crippen LogP contribution in [0.25, 0.3) is 0 Å². The summed E-state index contributed by atoms with van der Waals surface area (Å²) in [7, 11) is -3.22. The van der Waals surface area contributed by atoms with E-state index in [2.05, 4.69) is 5.10 Å². The first-order chi connectivity index (χ1) is 6.93. The highest BCUT2D eigenvalue weighted by Crippen LogP contribution is 2.07. The van der Waals surface area contributed by atoms with Crippen molar-refractivity contribution in [3.63, 3.8) is 0 Å². The van der Waals surface area contributed by atoms with E-state index in [1.807, 2.05) is 0 Å². The maximum atomic E-state index is 11.1. The van der Waals surface area contributed by atoms with Crippen molar-refractivity contribution in [1.82, 2.24) is 9.78 Å². The monoisotopic (exact) mass is 233 g/mol. The number of hydrogen-bond acceptors (Lipinski definition) is 5. The van der Waals surface area contributed by atoms with Crippen LogP contribution in [-0.4, -0.2) is 42.2 Å². The minimum absolute atomic E-state index is 0.155. The Kier molecular flexibility index (Phi) is 3.83. The summed E-state index contributed by atoms with van der Waals surface area (Å²) in [5, 5.41) is 13.3. The molecule has 1 unspecified atom stereocenters. The number of hydrogen-bond donors (Lipinski definition) is 2. The Morgan fingerprint density at radius 1 is 1.67 bits per heavy atom. The van der Waals surface area contributed by atoms with Gasteiger partial charge in [-0.2, -0.15) is 5.10 Å². The van der Waals surface area contributed by atoms with Crippen LogP contribution in [0.5, 0.6) is 0 Å². The Hall–Kier alpha value is -0.920. The standard InChI is InChI=1S/C8H15N3O3S/c1-15(13,14)8-4-10-11(6-8)5-7(12)2-3-9/h4,6-7,12H,2-3,5,9H2,1H3. The van der Waals surface area contributed by atoms with E-state index < -0.39 is 15.9 Å². The Bertz CT molecular complexity index is 413. The van der Waals surface area contributed by atoms with Crippen LogP contribution in [0.4, 0.5) is 0 Å². The van der Waals surface area contributed by atoms with E-state index in [1.165, 1.54) is 17.1 Å². The van der Waals surface area contributed by atoms with E-state index in [0.717, 1.165) is 6.26 Å². The number of aliphatic hydroxyl groups is 1.